The lowest BCUT2D eigenvalue weighted by Gasteiger charge is -2.24. The van der Waals surface area contributed by atoms with E-state index in [1.165, 1.54) is 20.5 Å². The lowest BCUT2D eigenvalue weighted by molar-refractivity contribution is 0.353. The van der Waals surface area contributed by atoms with E-state index in [0.717, 1.165) is 0 Å². The van der Waals surface area contributed by atoms with Gasteiger partial charge in [0.1, 0.15) is 11.6 Å². The highest BCUT2D eigenvalue weighted by molar-refractivity contribution is 5.55. The van der Waals surface area contributed by atoms with Crippen molar-refractivity contribution in [2.24, 2.45) is 5.73 Å². The third-order valence-electron chi connectivity index (χ3n) is 3.76. The molecule has 3 rings (SSSR count). The van der Waals surface area contributed by atoms with E-state index in [2.05, 4.69) is 9.97 Å². The van der Waals surface area contributed by atoms with Crippen molar-refractivity contribution in [3.63, 3.8) is 0 Å². The maximum Gasteiger partial charge on any atom is 0.258 e. The molecule has 8 nitrogen and oxygen atoms in total. The van der Waals surface area contributed by atoms with Crippen molar-refractivity contribution >= 4 is 0 Å². The molecular weight excluding hydrogens is 312 g/mol. The van der Waals surface area contributed by atoms with Gasteiger partial charge in [-0.15, -0.1) is 0 Å². The number of nitrogens with two attached hydrogens (primary N) is 1. The molecule has 0 amide bonds. The number of allylic oxidation sites excluding steroid dienone is 1. The minimum Gasteiger partial charge on any atom is -0.493 e. The summed E-state index contributed by atoms with van der Waals surface area (Å²) in [5.74, 6) is 0.289. The second-order valence-electron chi connectivity index (χ2n) is 4.99. The van der Waals surface area contributed by atoms with Crippen LogP contribution in [0.15, 0.2) is 40.8 Å². The van der Waals surface area contributed by atoms with Gasteiger partial charge in [0, 0.05) is 0 Å². The van der Waals surface area contributed by atoms with Crippen LogP contribution >= 0.6 is 0 Å². The van der Waals surface area contributed by atoms with Crippen LogP contribution in [0.4, 0.5) is 0 Å². The molecule has 0 spiro atoms. The second-order valence-corrected chi connectivity index (χ2v) is 4.99. The van der Waals surface area contributed by atoms with E-state index in [-0.39, 0.29) is 22.9 Å². The van der Waals surface area contributed by atoms with Gasteiger partial charge in [0.15, 0.2) is 11.5 Å². The van der Waals surface area contributed by atoms with Gasteiger partial charge in [-0.3, -0.25) is 4.79 Å². The molecule has 0 fully saturated rings. The molecular formula is C16H14N4O4. The first-order chi connectivity index (χ1) is 11.6. The first-order valence-electron chi connectivity index (χ1n) is 6.97. The Kier molecular flexibility index (Phi) is 3.83. The van der Waals surface area contributed by atoms with Gasteiger partial charge in [-0.05, 0) is 17.7 Å². The van der Waals surface area contributed by atoms with Crippen molar-refractivity contribution in [3.05, 3.63) is 57.5 Å². The number of nitrogens with one attached hydrogen (secondary N) is 1. The molecule has 122 valence electrons. The van der Waals surface area contributed by atoms with Gasteiger partial charge in [-0.1, -0.05) is 6.07 Å². The number of hydrogen-bond acceptors (Lipinski definition) is 7. The smallest absolute Gasteiger partial charge is 0.258 e. The van der Waals surface area contributed by atoms with E-state index < -0.39 is 11.5 Å². The van der Waals surface area contributed by atoms with E-state index in [1.807, 2.05) is 6.07 Å². The Morgan fingerprint density at radius 1 is 1.33 bits per heavy atom. The molecule has 2 aromatic rings. The van der Waals surface area contributed by atoms with Gasteiger partial charge >= 0.3 is 0 Å². The number of H-pyrrole nitrogens is 1. The van der Waals surface area contributed by atoms with Crippen LogP contribution in [0, 0.1) is 11.3 Å². The number of aromatic nitrogens is 2. The summed E-state index contributed by atoms with van der Waals surface area (Å²) >= 11 is 0. The first-order valence-corrected chi connectivity index (χ1v) is 6.97. The van der Waals surface area contributed by atoms with Crippen molar-refractivity contribution < 1.29 is 14.2 Å². The summed E-state index contributed by atoms with van der Waals surface area (Å²) in [6.07, 6.45) is 1.22. The normalized spacial score (nSPS) is 16.0. The number of benzene rings is 1. The summed E-state index contributed by atoms with van der Waals surface area (Å²) < 4.78 is 15.8. The van der Waals surface area contributed by atoms with Gasteiger partial charge < -0.3 is 24.9 Å². The van der Waals surface area contributed by atoms with Crippen LogP contribution in [-0.4, -0.2) is 24.2 Å². The summed E-state index contributed by atoms with van der Waals surface area (Å²) in [7, 11) is 3.03. The Morgan fingerprint density at radius 2 is 2.08 bits per heavy atom. The minimum absolute atomic E-state index is 0.0787. The number of hydrogen-bond donors (Lipinski definition) is 2. The van der Waals surface area contributed by atoms with E-state index in [4.69, 9.17) is 19.9 Å². The molecule has 3 N–H and O–H groups in total. The molecule has 0 saturated heterocycles. The summed E-state index contributed by atoms with van der Waals surface area (Å²) in [6, 6.07) is 7.13. The molecule has 1 aliphatic heterocycles. The largest absolute Gasteiger partial charge is 0.493 e. The number of methoxy groups -OCH3 is 2. The molecule has 1 unspecified atom stereocenters. The third-order valence-corrected chi connectivity index (χ3v) is 3.76. The molecule has 0 bridgehead atoms. The van der Waals surface area contributed by atoms with Crippen LogP contribution in [0.1, 0.15) is 17.0 Å². The minimum atomic E-state index is -0.712. The van der Waals surface area contributed by atoms with Crippen molar-refractivity contribution in [2.45, 2.75) is 5.92 Å². The summed E-state index contributed by atoms with van der Waals surface area (Å²) in [6.45, 7) is 0. The van der Waals surface area contributed by atoms with E-state index in [9.17, 15) is 10.1 Å². The average Bonchev–Trinajstić information content (AvgIpc) is 2.60. The van der Waals surface area contributed by atoms with Gasteiger partial charge in [0.25, 0.3) is 5.56 Å². The molecule has 24 heavy (non-hydrogen) atoms. The first kappa shape index (κ1) is 15.4. The monoisotopic (exact) mass is 326 g/mol. The Morgan fingerprint density at radius 3 is 2.75 bits per heavy atom. The average molecular weight is 326 g/mol. The quantitative estimate of drug-likeness (QED) is 0.862. The molecule has 1 atom stereocenters. The number of fused-ring (bicyclic) bond motifs is 1. The van der Waals surface area contributed by atoms with E-state index in [1.54, 1.807) is 18.2 Å². The number of nitrogens with zero attached hydrogens (tertiary/aromatic N) is 2. The molecule has 2 heterocycles. The SMILES string of the molecule is COc1ccc(C2C(C#N)=C(N)Oc3nc[nH]c(=O)c32)cc1OC. The van der Waals surface area contributed by atoms with E-state index >= 15 is 0 Å². The van der Waals surface area contributed by atoms with Crippen molar-refractivity contribution in [1.29, 1.82) is 5.26 Å². The van der Waals surface area contributed by atoms with Gasteiger partial charge in [0.2, 0.25) is 11.8 Å². The lowest BCUT2D eigenvalue weighted by atomic mass is 9.85. The highest BCUT2D eigenvalue weighted by Crippen LogP contribution is 2.41. The van der Waals surface area contributed by atoms with Crippen molar-refractivity contribution in [1.82, 2.24) is 9.97 Å². The van der Waals surface area contributed by atoms with Gasteiger partial charge in [-0.25, -0.2) is 4.98 Å². The Bertz CT molecular complexity index is 926. The van der Waals surface area contributed by atoms with E-state index in [0.29, 0.717) is 17.1 Å². The fraction of sp³-hybridized carbons (Fsp3) is 0.188. The number of nitriles is 1. The predicted molar refractivity (Wildman–Crippen MR) is 83.7 cm³/mol. The van der Waals surface area contributed by atoms with Crippen LogP contribution in [-0.2, 0) is 0 Å². The highest BCUT2D eigenvalue weighted by Gasteiger charge is 2.34. The van der Waals surface area contributed by atoms with Crippen LogP contribution in [0.2, 0.25) is 0 Å². The van der Waals surface area contributed by atoms with Crippen LogP contribution in [0.3, 0.4) is 0 Å². The summed E-state index contributed by atoms with van der Waals surface area (Å²) in [5.41, 5.74) is 6.42. The zero-order chi connectivity index (χ0) is 17.3. The van der Waals surface area contributed by atoms with Crippen LogP contribution in [0.5, 0.6) is 17.4 Å². The Labute approximate surface area is 137 Å². The zero-order valence-corrected chi connectivity index (χ0v) is 13.0. The molecule has 1 aromatic carbocycles. The maximum absolute atomic E-state index is 12.3. The standard InChI is InChI=1S/C16H14N4O4/c1-22-10-4-3-8(5-11(10)23-2)12-9(6-17)14(18)24-16-13(12)15(21)19-7-20-16/h3-5,7,12H,18H2,1-2H3,(H,19,20,21). The van der Waals surface area contributed by atoms with Gasteiger partial charge in [0.05, 0.1) is 32.0 Å². The maximum atomic E-state index is 12.3. The predicted octanol–water partition coefficient (Wildman–Crippen LogP) is 1.01. The molecule has 8 heteroatoms. The van der Waals surface area contributed by atoms with Gasteiger partial charge in [-0.2, -0.15) is 5.26 Å². The zero-order valence-electron chi connectivity index (χ0n) is 13.0. The highest BCUT2D eigenvalue weighted by atomic mass is 16.5. The second kappa shape index (κ2) is 5.96. The Balaban J connectivity index is 2.26. The number of rotatable bonds is 3. The molecule has 1 aromatic heterocycles. The fourth-order valence-corrected chi connectivity index (χ4v) is 2.66. The number of ether oxygens (including phenoxy) is 3. The molecule has 0 saturated carbocycles. The molecule has 1 aliphatic rings. The Hall–Kier alpha value is -3.47. The number of aromatic amines is 1. The molecule has 0 aliphatic carbocycles. The fourth-order valence-electron chi connectivity index (χ4n) is 2.66. The lowest BCUT2D eigenvalue weighted by Crippen LogP contribution is -2.28. The van der Waals surface area contributed by atoms with Crippen LogP contribution in [0.25, 0.3) is 0 Å². The summed E-state index contributed by atoms with van der Waals surface area (Å²) in [4.78, 5) is 18.8. The van der Waals surface area contributed by atoms with Crippen molar-refractivity contribution in [2.75, 3.05) is 14.2 Å². The van der Waals surface area contributed by atoms with Crippen LogP contribution < -0.4 is 25.5 Å². The topological polar surface area (TPSA) is 123 Å². The third kappa shape index (κ3) is 2.32. The van der Waals surface area contributed by atoms with Crippen molar-refractivity contribution in [3.8, 4) is 23.4 Å². The summed E-state index contributed by atoms with van der Waals surface area (Å²) in [5, 5.41) is 9.48. The molecule has 0 radical (unpaired) electrons.